The number of hydrogen-bond donors (Lipinski definition) is 0. The van der Waals surface area contributed by atoms with E-state index in [1.807, 2.05) is 0 Å². The van der Waals surface area contributed by atoms with Crippen molar-refractivity contribution in [3.8, 4) is 11.1 Å². The Labute approximate surface area is 197 Å². The third kappa shape index (κ3) is 6.15. The summed E-state index contributed by atoms with van der Waals surface area (Å²) in [6.45, 7) is 4.62. The van der Waals surface area contributed by atoms with Gasteiger partial charge in [0, 0.05) is 0 Å². The van der Waals surface area contributed by atoms with Crippen molar-refractivity contribution in [2.24, 2.45) is 11.8 Å². The van der Waals surface area contributed by atoms with Gasteiger partial charge in [0.1, 0.15) is 0 Å². The van der Waals surface area contributed by atoms with Gasteiger partial charge in [-0.3, -0.25) is 0 Å². The van der Waals surface area contributed by atoms with Crippen LogP contribution in [0.4, 0.5) is 0 Å². The average molecular weight is 429 g/mol. The Morgan fingerprint density at radius 3 is 1.88 bits per heavy atom. The fourth-order valence-electron chi connectivity index (χ4n) is 6.11. The van der Waals surface area contributed by atoms with Gasteiger partial charge in [-0.05, 0) is 90.5 Å². The molecule has 0 radical (unpaired) electrons. The molecule has 0 amide bonds. The molecule has 0 aromatic heterocycles. The van der Waals surface area contributed by atoms with Crippen LogP contribution in [0, 0.1) is 11.8 Å². The molecule has 2 aliphatic carbocycles. The van der Waals surface area contributed by atoms with E-state index >= 15 is 0 Å². The van der Waals surface area contributed by atoms with Gasteiger partial charge in [-0.1, -0.05) is 107 Å². The Bertz CT molecular complexity index is 831. The van der Waals surface area contributed by atoms with Crippen LogP contribution in [-0.4, -0.2) is 0 Å². The van der Waals surface area contributed by atoms with Crippen LogP contribution in [0.15, 0.2) is 54.6 Å². The molecule has 1 atom stereocenters. The van der Waals surface area contributed by atoms with Gasteiger partial charge in [-0.15, -0.1) is 0 Å². The fraction of sp³-hybridized carbons (Fsp3) is 0.562. The minimum absolute atomic E-state index is 0.781. The van der Waals surface area contributed by atoms with Crippen LogP contribution >= 0.6 is 0 Å². The molecule has 2 aliphatic rings. The molecule has 0 N–H and O–H groups in total. The molecule has 4 rings (SSSR count). The number of benzene rings is 2. The maximum Gasteiger partial charge on any atom is -0.0162 e. The zero-order chi connectivity index (χ0) is 22.2. The highest BCUT2D eigenvalue weighted by Gasteiger charge is 2.22. The second-order valence-electron chi connectivity index (χ2n) is 10.6. The highest BCUT2D eigenvalue weighted by Crippen LogP contribution is 2.38. The Morgan fingerprint density at radius 1 is 0.625 bits per heavy atom. The lowest BCUT2D eigenvalue weighted by atomic mass is 9.77. The molecule has 0 nitrogen and oxygen atoms in total. The molecule has 172 valence electrons. The maximum absolute atomic E-state index is 2.51. The highest BCUT2D eigenvalue weighted by molar-refractivity contribution is 5.71. The normalized spacial score (nSPS) is 23.7. The van der Waals surface area contributed by atoms with Gasteiger partial charge in [0.15, 0.2) is 0 Å². The maximum atomic E-state index is 2.51. The molecule has 2 aromatic rings. The molecule has 2 aromatic carbocycles. The summed E-state index contributed by atoms with van der Waals surface area (Å²) in [7, 11) is 0. The minimum Gasteiger partial charge on any atom is -0.0804 e. The standard InChI is InChI=1S/C32H44/c1-3-5-6-8-26-11-15-28(16-12-26)30-19-23-32(24-20-30)31-21-17-29(18-22-31)27-13-9-25(7-4-2)10-14-27/h13,17-26,28H,3-12,14-16H2,1-2H3/t25?,26-,28-. The first kappa shape index (κ1) is 23.3. The van der Waals surface area contributed by atoms with Crippen molar-refractivity contribution in [3.63, 3.8) is 0 Å². The topological polar surface area (TPSA) is 0 Å². The van der Waals surface area contributed by atoms with E-state index in [4.69, 9.17) is 0 Å². The molecule has 0 heterocycles. The lowest BCUT2D eigenvalue weighted by molar-refractivity contribution is 0.303. The van der Waals surface area contributed by atoms with Gasteiger partial charge < -0.3 is 0 Å². The summed E-state index contributed by atoms with van der Waals surface area (Å²) >= 11 is 0. The van der Waals surface area contributed by atoms with Crippen molar-refractivity contribution in [2.45, 2.75) is 103 Å². The third-order valence-electron chi connectivity index (χ3n) is 8.25. The average Bonchev–Trinajstić information content (AvgIpc) is 2.86. The van der Waals surface area contributed by atoms with E-state index in [0.717, 1.165) is 17.8 Å². The van der Waals surface area contributed by atoms with Crippen LogP contribution in [-0.2, 0) is 0 Å². The highest BCUT2D eigenvalue weighted by atomic mass is 14.3. The van der Waals surface area contributed by atoms with E-state index in [-0.39, 0.29) is 0 Å². The van der Waals surface area contributed by atoms with E-state index in [2.05, 4.69) is 68.5 Å². The molecule has 1 saturated carbocycles. The van der Waals surface area contributed by atoms with Gasteiger partial charge in [0.05, 0.1) is 0 Å². The first-order valence-electron chi connectivity index (χ1n) is 13.7. The Morgan fingerprint density at radius 2 is 1.28 bits per heavy atom. The van der Waals surface area contributed by atoms with Crippen molar-refractivity contribution in [1.29, 1.82) is 0 Å². The van der Waals surface area contributed by atoms with Gasteiger partial charge in [-0.2, -0.15) is 0 Å². The van der Waals surface area contributed by atoms with Crippen LogP contribution in [0.1, 0.15) is 114 Å². The number of allylic oxidation sites excluding steroid dienone is 2. The van der Waals surface area contributed by atoms with Crippen molar-refractivity contribution < 1.29 is 0 Å². The predicted octanol–water partition coefficient (Wildman–Crippen LogP) is 10.2. The van der Waals surface area contributed by atoms with Gasteiger partial charge in [0.2, 0.25) is 0 Å². The van der Waals surface area contributed by atoms with Crippen LogP contribution in [0.3, 0.4) is 0 Å². The zero-order valence-corrected chi connectivity index (χ0v) is 20.6. The number of rotatable bonds is 9. The van der Waals surface area contributed by atoms with Crippen molar-refractivity contribution in [3.05, 3.63) is 65.7 Å². The SMILES string of the molecule is CCCCC[C@H]1CC[C@H](c2ccc(-c3ccc(C4=CCC(CCC)CC4)cc3)cc2)CC1. The van der Waals surface area contributed by atoms with E-state index < -0.39 is 0 Å². The first-order valence-corrected chi connectivity index (χ1v) is 13.7. The van der Waals surface area contributed by atoms with Crippen LogP contribution in [0.5, 0.6) is 0 Å². The van der Waals surface area contributed by atoms with Crippen LogP contribution in [0.25, 0.3) is 16.7 Å². The second-order valence-corrected chi connectivity index (χ2v) is 10.6. The molecule has 0 heteroatoms. The lowest BCUT2D eigenvalue weighted by Gasteiger charge is -2.29. The summed E-state index contributed by atoms with van der Waals surface area (Å²) in [6.07, 6.45) is 20.4. The summed E-state index contributed by atoms with van der Waals surface area (Å²) < 4.78 is 0. The summed E-state index contributed by atoms with van der Waals surface area (Å²) in [4.78, 5) is 0. The largest absolute Gasteiger partial charge is 0.0804 e. The number of hydrogen-bond acceptors (Lipinski definition) is 0. The molecule has 32 heavy (non-hydrogen) atoms. The summed E-state index contributed by atoms with van der Waals surface area (Å²) in [5.74, 6) is 2.69. The molecule has 0 bridgehead atoms. The van der Waals surface area contributed by atoms with Gasteiger partial charge >= 0.3 is 0 Å². The van der Waals surface area contributed by atoms with Crippen molar-refractivity contribution in [2.75, 3.05) is 0 Å². The molecule has 0 saturated heterocycles. The van der Waals surface area contributed by atoms with E-state index in [9.17, 15) is 0 Å². The molecule has 1 unspecified atom stereocenters. The molecule has 0 aliphatic heterocycles. The molecular weight excluding hydrogens is 384 g/mol. The van der Waals surface area contributed by atoms with Gasteiger partial charge in [-0.25, -0.2) is 0 Å². The lowest BCUT2D eigenvalue weighted by Crippen LogP contribution is -2.13. The quantitative estimate of drug-likeness (QED) is 0.348. The summed E-state index contributed by atoms with van der Waals surface area (Å²) in [5.41, 5.74) is 7.25. The van der Waals surface area contributed by atoms with Crippen molar-refractivity contribution in [1.82, 2.24) is 0 Å². The predicted molar refractivity (Wildman–Crippen MR) is 141 cm³/mol. The second kappa shape index (κ2) is 11.9. The van der Waals surface area contributed by atoms with Gasteiger partial charge in [0.25, 0.3) is 0 Å². The van der Waals surface area contributed by atoms with E-state index in [0.29, 0.717) is 0 Å². The smallest absolute Gasteiger partial charge is 0.0162 e. The van der Waals surface area contributed by atoms with E-state index in [1.54, 1.807) is 11.1 Å². The van der Waals surface area contributed by atoms with E-state index in [1.165, 1.54) is 100 Å². The number of unbranched alkanes of at least 4 members (excludes halogenated alkanes) is 2. The summed E-state index contributed by atoms with van der Waals surface area (Å²) in [6, 6.07) is 18.9. The molecular formula is C32H44. The van der Waals surface area contributed by atoms with Crippen LogP contribution < -0.4 is 0 Å². The minimum atomic E-state index is 0.781. The Balaban J connectivity index is 1.32. The van der Waals surface area contributed by atoms with Crippen LogP contribution in [0.2, 0.25) is 0 Å². The zero-order valence-electron chi connectivity index (χ0n) is 20.6. The summed E-state index contributed by atoms with van der Waals surface area (Å²) in [5, 5.41) is 0. The monoisotopic (exact) mass is 428 g/mol. The fourth-order valence-corrected chi connectivity index (χ4v) is 6.11. The Hall–Kier alpha value is -1.82. The third-order valence-corrected chi connectivity index (χ3v) is 8.25. The Kier molecular flexibility index (Phi) is 8.66. The molecule has 1 fully saturated rings. The first-order chi connectivity index (χ1) is 15.8. The van der Waals surface area contributed by atoms with Crippen molar-refractivity contribution >= 4 is 5.57 Å². The molecule has 0 spiro atoms.